The van der Waals surface area contributed by atoms with Crippen LogP contribution in [0.5, 0.6) is 0 Å². The first-order valence-corrected chi connectivity index (χ1v) is 5.38. The van der Waals surface area contributed by atoms with Gasteiger partial charge in [-0.15, -0.1) is 0 Å². The molecular formula is C13H14N2O2. The van der Waals surface area contributed by atoms with Gasteiger partial charge in [0.15, 0.2) is 0 Å². The molecule has 0 radical (unpaired) electrons. The van der Waals surface area contributed by atoms with Crippen LogP contribution in [0.15, 0.2) is 28.8 Å². The molecule has 1 N–H and O–H groups in total. The van der Waals surface area contributed by atoms with Crippen LogP contribution in [0, 0.1) is 20.8 Å². The molecule has 1 heterocycles. The topological polar surface area (TPSA) is 55.1 Å². The van der Waals surface area contributed by atoms with Gasteiger partial charge in [0.2, 0.25) is 0 Å². The first-order valence-electron chi connectivity index (χ1n) is 5.38. The SMILES string of the molecule is Cc1cnc(C(=O)Nc2c(C)cccc2C)o1. The summed E-state index contributed by atoms with van der Waals surface area (Å²) in [5.41, 5.74) is 2.84. The lowest BCUT2D eigenvalue weighted by molar-refractivity contribution is 0.0989. The van der Waals surface area contributed by atoms with Gasteiger partial charge in [-0.1, -0.05) is 18.2 Å². The first kappa shape index (κ1) is 11.4. The van der Waals surface area contributed by atoms with Crippen LogP contribution in [-0.2, 0) is 0 Å². The van der Waals surface area contributed by atoms with Gasteiger partial charge in [0.25, 0.3) is 5.89 Å². The average Bonchev–Trinajstić information content (AvgIpc) is 2.70. The monoisotopic (exact) mass is 230 g/mol. The summed E-state index contributed by atoms with van der Waals surface area (Å²) >= 11 is 0. The van der Waals surface area contributed by atoms with Gasteiger partial charge in [0.05, 0.1) is 6.20 Å². The van der Waals surface area contributed by atoms with Crippen LogP contribution in [0.2, 0.25) is 0 Å². The Balaban J connectivity index is 2.24. The van der Waals surface area contributed by atoms with Crippen molar-refractivity contribution in [1.29, 1.82) is 0 Å². The van der Waals surface area contributed by atoms with Crippen LogP contribution in [0.1, 0.15) is 27.6 Å². The molecule has 0 aliphatic rings. The molecule has 0 aliphatic carbocycles. The van der Waals surface area contributed by atoms with Crippen molar-refractivity contribution in [3.63, 3.8) is 0 Å². The Bertz CT molecular complexity index is 538. The third-order valence-electron chi connectivity index (χ3n) is 2.54. The molecule has 17 heavy (non-hydrogen) atoms. The zero-order valence-electron chi connectivity index (χ0n) is 10.1. The molecule has 1 aromatic heterocycles. The molecule has 88 valence electrons. The summed E-state index contributed by atoms with van der Waals surface area (Å²) < 4.78 is 5.17. The number of hydrogen-bond acceptors (Lipinski definition) is 3. The summed E-state index contributed by atoms with van der Waals surface area (Å²) in [7, 11) is 0. The van der Waals surface area contributed by atoms with E-state index in [4.69, 9.17) is 4.42 Å². The molecule has 2 aromatic rings. The number of aryl methyl sites for hydroxylation is 3. The second-order valence-electron chi connectivity index (χ2n) is 4.00. The lowest BCUT2D eigenvalue weighted by atomic mass is 10.1. The van der Waals surface area contributed by atoms with E-state index in [1.54, 1.807) is 6.92 Å². The molecular weight excluding hydrogens is 216 g/mol. The van der Waals surface area contributed by atoms with Crippen molar-refractivity contribution < 1.29 is 9.21 Å². The van der Waals surface area contributed by atoms with Gasteiger partial charge in [0, 0.05) is 5.69 Å². The van der Waals surface area contributed by atoms with Crippen molar-refractivity contribution >= 4 is 11.6 Å². The summed E-state index contributed by atoms with van der Waals surface area (Å²) in [5.74, 6) is 0.386. The van der Waals surface area contributed by atoms with E-state index in [0.29, 0.717) is 5.76 Å². The quantitative estimate of drug-likeness (QED) is 0.863. The molecule has 0 saturated heterocycles. The fraction of sp³-hybridized carbons (Fsp3) is 0.231. The molecule has 0 fully saturated rings. The maximum atomic E-state index is 11.9. The van der Waals surface area contributed by atoms with Crippen molar-refractivity contribution in [2.75, 3.05) is 5.32 Å². The van der Waals surface area contributed by atoms with Gasteiger partial charge in [-0.2, -0.15) is 0 Å². The highest BCUT2D eigenvalue weighted by atomic mass is 16.4. The number of oxazole rings is 1. The van der Waals surface area contributed by atoms with Crippen molar-refractivity contribution in [3.8, 4) is 0 Å². The third-order valence-corrected chi connectivity index (χ3v) is 2.54. The number of para-hydroxylation sites is 1. The van der Waals surface area contributed by atoms with Crippen molar-refractivity contribution in [3.05, 3.63) is 47.2 Å². The molecule has 0 saturated carbocycles. The maximum absolute atomic E-state index is 11.9. The third kappa shape index (κ3) is 2.36. The number of nitrogens with zero attached hydrogens (tertiary/aromatic N) is 1. The van der Waals surface area contributed by atoms with Crippen molar-refractivity contribution in [2.45, 2.75) is 20.8 Å². The van der Waals surface area contributed by atoms with E-state index < -0.39 is 0 Å². The van der Waals surface area contributed by atoms with Crippen LogP contribution in [0.4, 0.5) is 5.69 Å². The zero-order chi connectivity index (χ0) is 12.4. The number of nitrogens with one attached hydrogen (secondary N) is 1. The van der Waals surface area contributed by atoms with Gasteiger partial charge in [-0.25, -0.2) is 4.98 Å². The van der Waals surface area contributed by atoms with Gasteiger partial charge < -0.3 is 9.73 Å². The minimum Gasteiger partial charge on any atom is -0.438 e. The standard InChI is InChI=1S/C13H14N2O2/c1-8-5-4-6-9(2)11(8)15-12(16)13-14-7-10(3)17-13/h4-7H,1-3H3,(H,15,16). The molecule has 4 heteroatoms. The summed E-state index contributed by atoms with van der Waals surface area (Å²) in [6, 6.07) is 5.85. The minimum absolute atomic E-state index is 0.0881. The number of amides is 1. The van der Waals surface area contributed by atoms with E-state index in [-0.39, 0.29) is 11.8 Å². The Labute approximate surface area is 99.7 Å². The highest BCUT2D eigenvalue weighted by Gasteiger charge is 2.14. The molecule has 2 rings (SSSR count). The number of hydrogen-bond donors (Lipinski definition) is 1. The Hall–Kier alpha value is -2.10. The van der Waals surface area contributed by atoms with E-state index in [1.807, 2.05) is 32.0 Å². The van der Waals surface area contributed by atoms with E-state index in [0.717, 1.165) is 16.8 Å². The lowest BCUT2D eigenvalue weighted by Gasteiger charge is -2.09. The van der Waals surface area contributed by atoms with E-state index in [2.05, 4.69) is 10.3 Å². The van der Waals surface area contributed by atoms with Crippen molar-refractivity contribution in [1.82, 2.24) is 4.98 Å². The molecule has 0 unspecified atom stereocenters. The molecule has 4 nitrogen and oxygen atoms in total. The Morgan fingerprint density at radius 2 is 1.88 bits per heavy atom. The zero-order valence-corrected chi connectivity index (χ0v) is 10.1. The van der Waals surface area contributed by atoms with E-state index in [1.165, 1.54) is 6.20 Å². The Kier molecular flexibility index (Phi) is 2.95. The van der Waals surface area contributed by atoms with Gasteiger partial charge in [0.1, 0.15) is 5.76 Å². The maximum Gasteiger partial charge on any atom is 0.311 e. The fourth-order valence-corrected chi connectivity index (χ4v) is 1.64. The highest BCUT2D eigenvalue weighted by Crippen LogP contribution is 2.20. The van der Waals surface area contributed by atoms with E-state index >= 15 is 0 Å². The molecule has 0 spiro atoms. The number of rotatable bonds is 2. The largest absolute Gasteiger partial charge is 0.438 e. The normalized spacial score (nSPS) is 10.3. The second-order valence-corrected chi connectivity index (χ2v) is 4.00. The number of anilines is 1. The predicted molar refractivity (Wildman–Crippen MR) is 65.1 cm³/mol. The number of carbonyl (C=O) groups excluding carboxylic acids is 1. The number of carbonyl (C=O) groups is 1. The second kappa shape index (κ2) is 4.41. The summed E-state index contributed by atoms with van der Waals surface area (Å²) in [4.78, 5) is 15.8. The Morgan fingerprint density at radius 1 is 1.24 bits per heavy atom. The fourth-order valence-electron chi connectivity index (χ4n) is 1.64. The van der Waals surface area contributed by atoms with Crippen molar-refractivity contribution in [2.24, 2.45) is 0 Å². The lowest BCUT2D eigenvalue weighted by Crippen LogP contribution is -2.14. The van der Waals surface area contributed by atoms with Crippen LogP contribution < -0.4 is 5.32 Å². The molecule has 0 bridgehead atoms. The smallest absolute Gasteiger partial charge is 0.311 e. The van der Waals surface area contributed by atoms with Crippen LogP contribution in [0.3, 0.4) is 0 Å². The molecule has 1 aromatic carbocycles. The van der Waals surface area contributed by atoms with Crippen LogP contribution in [-0.4, -0.2) is 10.9 Å². The average molecular weight is 230 g/mol. The predicted octanol–water partition coefficient (Wildman–Crippen LogP) is 2.85. The van der Waals surface area contributed by atoms with Gasteiger partial charge >= 0.3 is 5.91 Å². The minimum atomic E-state index is -0.324. The van der Waals surface area contributed by atoms with Gasteiger partial charge in [-0.3, -0.25) is 4.79 Å². The molecule has 1 amide bonds. The highest BCUT2D eigenvalue weighted by molar-refractivity contribution is 6.01. The van der Waals surface area contributed by atoms with E-state index in [9.17, 15) is 4.79 Å². The van der Waals surface area contributed by atoms with Gasteiger partial charge in [-0.05, 0) is 31.9 Å². The Morgan fingerprint density at radius 3 is 2.41 bits per heavy atom. The number of benzene rings is 1. The van der Waals surface area contributed by atoms with Crippen LogP contribution >= 0.6 is 0 Å². The summed E-state index contributed by atoms with van der Waals surface area (Å²) in [6.45, 7) is 5.65. The van der Waals surface area contributed by atoms with Crippen LogP contribution in [0.25, 0.3) is 0 Å². The molecule has 0 atom stereocenters. The molecule has 0 aliphatic heterocycles. The summed E-state index contributed by atoms with van der Waals surface area (Å²) in [6.07, 6.45) is 1.53. The summed E-state index contributed by atoms with van der Waals surface area (Å²) in [5, 5.41) is 2.81. The number of aromatic nitrogens is 1. The first-order chi connectivity index (χ1) is 8.08.